The number of esters is 1. The molecule has 3 aromatic rings. The summed E-state index contributed by atoms with van der Waals surface area (Å²) in [5, 5.41) is 0.728. The summed E-state index contributed by atoms with van der Waals surface area (Å²) in [5.74, 6) is -0.662. The molecule has 6 heteroatoms. The molecule has 0 bridgehead atoms. The maximum atomic E-state index is 13.2. The molecule has 0 aliphatic rings. The molecule has 0 aliphatic heterocycles. The average molecular weight is 393 g/mol. The van der Waals surface area contributed by atoms with E-state index < -0.39 is 5.97 Å². The number of nitrogens with zero attached hydrogens (tertiary/aromatic N) is 1. The molecular weight excluding hydrogens is 373 g/mol. The monoisotopic (exact) mass is 393 g/mol. The Bertz CT molecular complexity index is 1100. The second-order valence-electron chi connectivity index (χ2n) is 6.53. The van der Waals surface area contributed by atoms with Crippen LogP contribution in [0.25, 0.3) is 17.0 Å². The maximum Gasteiger partial charge on any atom is 0.341 e. The first kappa shape index (κ1) is 20.2. The fourth-order valence-corrected chi connectivity index (χ4v) is 3.08. The average Bonchev–Trinajstić information content (AvgIpc) is 2.72. The van der Waals surface area contributed by atoms with Crippen LogP contribution in [-0.2, 0) is 16.0 Å². The van der Waals surface area contributed by atoms with Crippen molar-refractivity contribution in [3.63, 3.8) is 0 Å². The molecule has 29 heavy (non-hydrogen) atoms. The minimum atomic E-state index is -0.557. The number of ether oxygens (including phenoxy) is 2. The van der Waals surface area contributed by atoms with Gasteiger partial charge in [-0.25, -0.2) is 9.18 Å². The zero-order valence-electron chi connectivity index (χ0n) is 16.4. The zero-order chi connectivity index (χ0) is 21.0. The molecule has 0 aliphatic carbocycles. The van der Waals surface area contributed by atoms with Gasteiger partial charge in [0.25, 0.3) is 0 Å². The molecule has 0 fully saturated rings. The lowest BCUT2D eigenvalue weighted by atomic mass is 9.98. The van der Waals surface area contributed by atoms with Gasteiger partial charge in [0.05, 0.1) is 14.2 Å². The Morgan fingerprint density at radius 1 is 1.10 bits per heavy atom. The zero-order valence-corrected chi connectivity index (χ0v) is 16.4. The molecule has 1 aromatic heterocycles. The van der Waals surface area contributed by atoms with E-state index >= 15 is 0 Å². The minimum absolute atomic E-state index is 0.121. The Morgan fingerprint density at radius 2 is 1.83 bits per heavy atom. The second kappa shape index (κ2) is 8.65. The topological polar surface area (TPSA) is 65.5 Å². The first-order valence-corrected chi connectivity index (χ1v) is 8.94. The summed E-state index contributed by atoms with van der Waals surface area (Å²) in [5.41, 5.74) is 3.19. The molecule has 0 spiro atoms. The van der Waals surface area contributed by atoms with Crippen molar-refractivity contribution in [3.05, 3.63) is 76.7 Å². The highest BCUT2D eigenvalue weighted by Gasteiger charge is 2.19. The smallest absolute Gasteiger partial charge is 0.341 e. The number of carbonyl (C=O) groups is 2. The summed E-state index contributed by atoms with van der Waals surface area (Å²) >= 11 is 0. The Morgan fingerprint density at radius 3 is 2.45 bits per heavy atom. The standard InChI is InChI=1S/C23H20FNO4/c1-14(26)4-7-17-12-20(23(27)29-3)22(28-2)21-19(17)11-16(13-25-21)10-15-5-8-18(24)9-6-15/h4-9,11-13H,10H2,1-3H3/b7-4+. The Balaban J connectivity index is 2.17. The van der Waals surface area contributed by atoms with E-state index in [9.17, 15) is 14.0 Å². The number of methoxy groups -OCH3 is 2. The lowest BCUT2D eigenvalue weighted by Crippen LogP contribution is -2.06. The van der Waals surface area contributed by atoms with Gasteiger partial charge in [-0.3, -0.25) is 9.78 Å². The molecule has 0 saturated carbocycles. The Hall–Kier alpha value is -3.54. The molecule has 1 heterocycles. The number of aromatic nitrogens is 1. The van der Waals surface area contributed by atoms with E-state index in [4.69, 9.17) is 9.47 Å². The quantitative estimate of drug-likeness (QED) is 0.460. The first-order valence-electron chi connectivity index (χ1n) is 8.94. The largest absolute Gasteiger partial charge is 0.494 e. The van der Waals surface area contributed by atoms with Crippen LogP contribution in [0.2, 0.25) is 0 Å². The van der Waals surface area contributed by atoms with Crippen molar-refractivity contribution in [3.8, 4) is 5.75 Å². The molecule has 0 saturated heterocycles. The van der Waals surface area contributed by atoms with Crippen LogP contribution in [-0.4, -0.2) is 31.0 Å². The van der Waals surface area contributed by atoms with E-state index in [1.54, 1.807) is 30.5 Å². The number of halogens is 1. The highest BCUT2D eigenvalue weighted by molar-refractivity contribution is 6.04. The predicted molar refractivity (Wildman–Crippen MR) is 109 cm³/mol. The second-order valence-corrected chi connectivity index (χ2v) is 6.53. The van der Waals surface area contributed by atoms with Crippen LogP contribution in [0.3, 0.4) is 0 Å². The molecule has 0 N–H and O–H groups in total. The summed E-state index contributed by atoms with van der Waals surface area (Å²) in [7, 11) is 2.75. The van der Waals surface area contributed by atoms with Gasteiger partial charge in [0.15, 0.2) is 11.5 Å². The van der Waals surface area contributed by atoms with Crippen molar-refractivity contribution in [1.29, 1.82) is 0 Å². The molecular formula is C23H20FNO4. The summed E-state index contributed by atoms with van der Waals surface area (Å²) in [6, 6.07) is 9.81. The van der Waals surface area contributed by atoms with Crippen LogP contribution in [0, 0.1) is 5.82 Å². The van der Waals surface area contributed by atoms with Crippen LogP contribution in [0.4, 0.5) is 4.39 Å². The predicted octanol–water partition coefficient (Wildman–Crippen LogP) is 4.36. The third-order valence-electron chi connectivity index (χ3n) is 4.44. The normalized spacial score (nSPS) is 11.0. The number of hydrogen-bond acceptors (Lipinski definition) is 5. The number of fused-ring (bicyclic) bond motifs is 1. The van der Waals surface area contributed by atoms with Crippen LogP contribution >= 0.6 is 0 Å². The molecule has 0 amide bonds. The van der Waals surface area contributed by atoms with Crippen molar-refractivity contribution < 1.29 is 23.5 Å². The fraction of sp³-hybridized carbons (Fsp3) is 0.174. The maximum absolute atomic E-state index is 13.2. The molecule has 148 valence electrons. The van der Waals surface area contributed by atoms with Gasteiger partial charge < -0.3 is 9.47 Å². The van der Waals surface area contributed by atoms with Crippen molar-refractivity contribution in [2.45, 2.75) is 13.3 Å². The first-order chi connectivity index (χ1) is 13.9. The van der Waals surface area contributed by atoms with Gasteiger partial charge in [-0.15, -0.1) is 0 Å². The summed E-state index contributed by atoms with van der Waals surface area (Å²) < 4.78 is 23.4. The molecule has 0 unspecified atom stereocenters. The van der Waals surface area contributed by atoms with Gasteiger partial charge in [-0.05, 0) is 60.4 Å². The summed E-state index contributed by atoms with van der Waals surface area (Å²) in [4.78, 5) is 28.2. The molecule has 2 aromatic carbocycles. The summed E-state index contributed by atoms with van der Waals surface area (Å²) in [6.07, 6.45) is 5.31. The van der Waals surface area contributed by atoms with E-state index in [0.29, 0.717) is 23.3 Å². The van der Waals surface area contributed by atoms with Gasteiger partial charge >= 0.3 is 5.97 Å². The van der Waals surface area contributed by atoms with Gasteiger partial charge in [0.1, 0.15) is 16.9 Å². The fourth-order valence-electron chi connectivity index (χ4n) is 3.08. The number of allylic oxidation sites excluding steroid dienone is 1. The molecule has 0 radical (unpaired) electrons. The van der Waals surface area contributed by atoms with E-state index in [1.165, 1.54) is 39.4 Å². The van der Waals surface area contributed by atoms with Crippen molar-refractivity contribution in [1.82, 2.24) is 4.98 Å². The van der Waals surface area contributed by atoms with Crippen LogP contribution in [0.1, 0.15) is 34.0 Å². The van der Waals surface area contributed by atoms with Gasteiger partial charge in [-0.2, -0.15) is 0 Å². The number of rotatable bonds is 6. The number of ketones is 1. The minimum Gasteiger partial charge on any atom is -0.494 e. The van der Waals surface area contributed by atoms with E-state index in [-0.39, 0.29) is 17.2 Å². The number of carbonyl (C=O) groups excluding carboxylic acids is 2. The van der Waals surface area contributed by atoms with Gasteiger partial charge in [0.2, 0.25) is 0 Å². The van der Waals surface area contributed by atoms with Crippen LogP contribution < -0.4 is 4.74 Å². The highest BCUT2D eigenvalue weighted by Crippen LogP contribution is 2.33. The number of benzene rings is 2. The highest BCUT2D eigenvalue weighted by atomic mass is 19.1. The van der Waals surface area contributed by atoms with E-state index in [2.05, 4.69) is 4.98 Å². The van der Waals surface area contributed by atoms with Gasteiger partial charge in [-0.1, -0.05) is 18.2 Å². The SMILES string of the molecule is COC(=O)c1cc(/C=C/C(C)=O)c2cc(Cc3ccc(F)cc3)cnc2c1OC. The number of hydrogen-bond donors (Lipinski definition) is 0. The third-order valence-corrected chi connectivity index (χ3v) is 4.44. The Labute approximate surface area is 167 Å². The molecule has 3 rings (SSSR count). The van der Waals surface area contributed by atoms with Crippen LogP contribution in [0.15, 0.2) is 48.7 Å². The molecule has 5 nitrogen and oxygen atoms in total. The van der Waals surface area contributed by atoms with E-state index in [1.807, 2.05) is 6.07 Å². The lowest BCUT2D eigenvalue weighted by molar-refractivity contribution is -0.112. The molecule has 0 atom stereocenters. The van der Waals surface area contributed by atoms with Crippen LogP contribution in [0.5, 0.6) is 5.75 Å². The van der Waals surface area contributed by atoms with Crippen molar-refractivity contribution in [2.24, 2.45) is 0 Å². The third kappa shape index (κ3) is 4.48. The summed E-state index contributed by atoms with van der Waals surface area (Å²) in [6.45, 7) is 1.45. The van der Waals surface area contributed by atoms with Crippen molar-refractivity contribution >= 4 is 28.7 Å². The number of pyridine rings is 1. The van der Waals surface area contributed by atoms with Gasteiger partial charge in [0, 0.05) is 11.6 Å². The van der Waals surface area contributed by atoms with E-state index in [0.717, 1.165) is 16.5 Å². The Kier molecular flexibility index (Phi) is 6.02. The lowest BCUT2D eigenvalue weighted by Gasteiger charge is -2.13. The van der Waals surface area contributed by atoms with Crippen molar-refractivity contribution in [2.75, 3.05) is 14.2 Å².